The number of hydrogen-bond donors (Lipinski definition) is 0. The van der Waals surface area contributed by atoms with Crippen LogP contribution in [0.1, 0.15) is 51.9 Å². The molecule has 0 radical (unpaired) electrons. The van der Waals surface area contributed by atoms with Gasteiger partial charge in [0.2, 0.25) is 0 Å². The zero-order chi connectivity index (χ0) is 11.2. The van der Waals surface area contributed by atoms with Crippen molar-refractivity contribution in [2.45, 2.75) is 51.9 Å². The molecule has 86 valence electrons. The van der Waals surface area contributed by atoms with Crippen LogP contribution in [0, 0.1) is 11.3 Å². The molecule has 1 aliphatic heterocycles. The highest BCUT2D eigenvalue weighted by Gasteiger charge is 2.51. The van der Waals surface area contributed by atoms with Crippen LogP contribution in [0.5, 0.6) is 0 Å². The second-order valence-electron chi connectivity index (χ2n) is 5.64. The summed E-state index contributed by atoms with van der Waals surface area (Å²) in [6.07, 6.45) is 8.52. The molecule has 2 nitrogen and oxygen atoms in total. The van der Waals surface area contributed by atoms with Crippen molar-refractivity contribution in [2.75, 3.05) is 0 Å². The number of rotatable bonds is 3. The van der Waals surface area contributed by atoms with Gasteiger partial charge in [0.15, 0.2) is 0 Å². The monoisotopic (exact) mass is 216 g/mol. The van der Waals surface area contributed by atoms with Crippen molar-refractivity contribution in [3.05, 3.63) is 12.2 Å². The number of allylic oxidation sites excluding steroid dienone is 1. The molecule has 0 aromatic heterocycles. The molecule has 1 heterocycles. The molecule has 0 spiro atoms. The summed E-state index contributed by atoms with van der Waals surface area (Å²) in [5.41, 5.74) is 4.33. The standard InChI is InChI=1S/C14H20N2/c1-3-4-12-8-13(16-15-12)14-6-5-11(9-14)7-10(14)2/h11H,2-9H2,1H3. The Bertz CT molecular complexity index is 392. The molecule has 2 saturated carbocycles. The third-order valence-electron chi connectivity index (χ3n) is 4.60. The van der Waals surface area contributed by atoms with Crippen molar-refractivity contribution in [2.24, 2.45) is 21.5 Å². The Balaban J connectivity index is 1.78. The van der Waals surface area contributed by atoms with Crippen LogP contribution in [0.3, 0.4) is 0 Å². The Morgan fingerprint density at radius 1 is 1.44 bits per heavy atom. The van der Waals surface area contributed by atoms with Crippen molar-refractivity contribution in [1.82, 2.24) is 0 Å². The molecule has 0 aromatic rings. The molecule has 2 fully saturated rings. The zero-order valence-corrected chi connectivity index (χ0v) is 10.1. The minimum absolute atomic E-state index is 0.268. The average molecular weight is 216 g/mol. The van der Waals surface area contributed by atoms with Gasteiger partial charge in [0, 0.05) is 17.5 Å². The topological polar surface area (TPSA) is 24.7 Å². The van der Waals surface area contributed by atoms with Crippen molar-refractivity contribution < 1.29 is 0 Å². The maximum absolute atomic E-state index is 4.48. The van der Waals surface area contributed by atoms with Crippen LogP contribution in [0.15, 0.2) is 22.4 Å². The molecule has 16 heavy (non-hydrogen) atoms. The summed E-state index contributed by atoms with van der Waals surface area (Å²) in [4.78, 5) is 0. The second-order valence-corrected chi connectivity index (χ2v) is 5.64. The van der Waals surface area contributed by atoms with E-state index >= 15 is 0 Å². The summed E-state index contributed by atoms with van der Waals surface area (Å²) in [5, 5.41) is 8.84. The van der Waals surface area contributed by atoms with Gasteiger partial charge in [0.05, 0.1) is 5.71 Å². The Morgan fingerprint density at radius 3 is 2.94 bits per heavy atom. The lowest BCUT2D eigenvalue weighted by Gasteiger charge is -2.28. The van der Waals surface area contributed by atoms with Gasteiger partial charge in [-0.1, -0.05) is 25.5 Å². The molecule has 0 N–H and O–H groups in total. The lowest BCUT2D eigenvalue weighted by Crippen LogP contribution is -2.28. The predicted molar refractivity (Wildman–Crippen MR) is 67.9 cm³/mol. The Hall–Kier alpha value is -0.920. The van der Waals surface area contributed by atoms with E-state index in [1.54, 1.807) is 0 Å². The van der Waals surface area contributed by atoms with Gasteiger partial charge in [-0.05, 0) is 38.0 Å². The quantitative estimate of drug-likeness (QED) is 0.642. The molecule has 0 saturated heterocycles. The molecule has 3 aliphatic rings. The number of fused-ring (bicyclic) bond motifs is 2. The van der Waals surface area contributed by atoms with Crippen LogP contribution in [0.25, 0.3) is 0 Å². The molecule has 2 unspecified atom stereocenters. The lowest BCUT2D eigenvalue weighted by molar-refractivity contribution is 0.521. The van der Waals surface area contributed by atoms with Gasteiger partial charge in [0.1, 0.15) is 0 Å². The fourth-order valence-electron chi connectivity index (χ4n) is 3.74. The van der Waals surface area contributed by atoms with Crippen LogP contribution in [0.4, 0.5) is 0 Å². The van der Waals surface area contributed by atoms with Crippen molar-refractivity contribution in [3.8, 4) is 0 Å². The van der Waals surface area contributed by atoms with Gasteiger partial charge in [0.25, 0.3) is 0 Å². The molecule has 3 rings (SSSR count). The van der Waals surface area contributed by atoms with Crippen LogP contribution in [-0.4, -0.2) is 11.4 Å². The normalized spacial score (nSPS) is 36.8. The predicted octanol–water partition coefficient (Wildman–Crippen LogP) is 3.73. The summed E-state index contributed by atoms with van der Waals surface area (Å²) in [6.45, 7) is 6.50. The molecule has 0 amide bonds. The Morgan fingerprint density at radius 2 is 2.31 bits per heavy atom. The largest absolute Gasteiger partial charge is 0.160 e. The zero-order valence-electron chi connectivity index (χ0n) is 10.1. The first kappa shape index (κ1) is 10.2. The van der Waals surface area contributed by atoms with Gasteiger partial charge in [-0.2, -0.15) is 10.2 Å². The first-order valence-electron chi connectivity index (χ1n) is 6.55. The first-order valence-corrected chi connectivity index (χ1v) is 6.55. The third-order valence-corrected chi connectivity index (χ3v) is 4.60. The van der Waals surface area contributed by atoms with Gasteiger partial charge < -0.3 is 0 Å². The summed E-state index contributed by atoms with van der Waals surface area (Å²) >= 11 is 0. The summed E-state index contributed by atoms with van der Waals surface area (Å²) in [6, 6.07) is 0. The van der Waals surface area contributed by atoms with Crippen LogP contribution in [0.2, 0.25) is 0 Å². The fourth-order valence-corrected chi connectivity index (χ4v) is 3.74. The van der Waals surface area contributed by atoms with Gasteiger partial charge in [-0.25, -0.2) is 0 Å². The van der Waals surface area contributed by atoms with Crippen molar-refractivity contribution in [1.29, 1.82) is 0 Å². The van der Waals surface area contributed by atoms with Gasteiger partial charge in [-0.3, -0.25) is 0 Å². The van der Waals surface area contributed by atoms with E-state index in [0.29, 0.717) is 0 Å². The lowest BCUT2D eigenvalue weighted by atomic mass is 9.75. The van der Waals surface area contributed by atoms with E-state index in [0.717, 1.165) is 18.8 Å². The van der Waals surface area contributed by atoms with E-state index in [1.165, 1.54) is 49.1 Å². The van der Waals surface area contributed by atoms with E-state index in [2.05, 4.69) is 23.7 Å². The molecule has 0 aromatic carbocycles. The maximum atomic E-state index is 4.48. The fraction of sp³-hybridized carbons (Fsp3) is 0.714. The number of hydrogen-bond acceptors (Lipinski definition) is 2. The summed E-state index contributed by atoms with van der Waals surface area (Å²) in [5.74, 6) is 0.894. The average Bonchev–Trinajstić information content (AvgIpc) is 2.91. The smallest absolute Gasteiger partial charge is 0.0564 e. The van der Waals surface area contributed by atoms with Crippen molar-refractivity contribution >= 4 is 11.4 Å². The van der Waals surface area contributed by atoms with E-state index < -0.39 is 0 Å². The summed E-state index contributed by atoms with van der Waals surface area (Å²) in [7, 11) is 0. The van der Waals surface area contributed by atoms with E-state index in [4.69, 9.17) is 0 Å². The Labute approximate surface area is 97.5 Å². The van der Waals surface area contributed by atoms with Crippen molar-refractivity contribution in [3.63, 3.8) is 0 Å². The highest BCUT2D eigenvalue weighted by atomic mass is 15.2. The second kappa shape index (κ2) is 3.54. The highest BCUT2D eigenvalue weighted by Crippen LogP contribution is 2.58. The minimum atomic E-state index is 0.268. The Kier molecular flexibility index (Phi) is 2.27. The van der Waals surface area contributed by atoms with Crippen LogP contribution in [-0.2, 0) is 0 Å². The SMILES string of the molecule is C=C1CC2CCC1(C1=NN=C(CCC)C1)C2. The summed E-state index contributed by atoms with van der Waals surface area (Å²) < 4.78 is 0. The van der Waals surface area contributed by atoms with Gasteiger partial charge >= 0.3 is 0 Å². The minimum Gasteiger partial charge on any atom is -0.160 e. The molecular formula is C14H20N2. The van der Waals surface area contributed by atoms with E-state index in [-0.39, 0.29) is 5.41 Å². The van der Waals surface area contributed by atoms with E-state index in [9.17, 15) is 0 Å². The first-order chi connectivity index (χ1) is 7.74. The maximum Gasteiger partial charge on any atom is 0.0564 e. The van der Waals surface area contributed by atoms with E-state index in [1.807, 2.05) is 0 Å². The molecule has 2 bridgehead atoms. The molecule has 2 heteroatoms. The third kappa shape index (κ3) is 1.32. The molecular weight excluding hydrogens is 196 g/mol. The molecule has 2 aliphatic carbocycles. The molecule has 2 atom stereocenters. The number of nitrogens with zero attached hydrogens (tertiary/aromatic N) is 2. The van der Waals surface area contributed by atoms with Crippen LogP contribution >= 0.6 is 0 Å². The van der Waals surface area contributed by atoms with Gasteiger partial charge in [-0.15, -0.1) is 0 Å². The highest BCUT2D eigenvalue weighted by molar-refractivity contribution is 6.11. The van der Waals surface area contributed by atoms with Crippen LogP contribution < -0.4 is 0 Å².